The molecule has 2 heteroatoms. The van der Waals surface area contributed by atoms with Crippen LogP contribution in [0.3, 0.4) is 0 Å². The second-order valence-corrected chi connectivity index (χ2v) is 5.26. The largest absolute Gasteiger partial charge is 0.346 e. The fourth-order valence-corrected chi connectivity index (χ4v) is 2.36. The number of nitrogens with two attached hydrogens (primary N) is 1. The fourth-order valence-electron chi connectivity index (χ4n) is 2.36. The molecule has 0 radical (unpaired) electrons. The van der Waals surface area contributed by atoms with Crippen LogP contribution in [0.25, 0.3) is 0 Å². The molecule has 0 saturated carbocycles. The minimum absolute atomic E-state index is 0.185. The zero-order valence-corrected chi connectivity index (χ0v) is 9.38. The summed E-state index contributed by atoms with van der Waals surface area (Å²) in [5.74, 6) is 0. The normalized spacial score (nSPS) is 22.1. The summed E-state index contributed by atoms with van der Waals surface area (Å²) in [6, 6.07) is 2.46. The number of hydrogen-bond acceptors (Lipinski definition) is 1. The molecule has 1 aromatic heterocycles. The Balaban J connectivity index is 2.46. The molecule has 14 heavy (non-hydrogen) atoms. The average Bonchev–Trinajstić information content (AvgIpc) is 2.47. The molecule has 2 rings (SSSR count). The first kappa shape index (κ1) is 9.78. The van der Waals surface area contributed by atoms with Crippen molar-refractivity contribution in [2.45, 2.75) is 51.6 Å². The predicted molar refractivity (Wildman–Crippen MR) is 59.3 cm³/mol. The van der Waals surface area contributed by atoms with Crippen LogP contribution in [0.4, 0.5) is 0 Å². The Morgan fingerprint density at radius 2 is 2.14 bits per heavy atom. The number of nitrogens with zero attached hydrogens (tertiary/aromatic N) is 1. The van der Waals surface area contributed by atoms with E-state index in [-0.39, 0.29) is 11.6 Å². The first-order chi connectivity index (χ1) is 6.50. The molecule has 78 valence electrons. The van der Waals surface area contributed by atoms with Crippen molar-refractivity contribution in [3.05, 3.63) is 23.5 Å². The van der Waals surface area contributed by atoms with Gasteiger partial charge in [-0.05, 0) is 51.7 Å². The lowest BCUT2D eigenvalue weighted by Crippen LogP contribution is -2.26. The summed E-state index contributed by atoms with van der Waals surface area (Å²) < 4.78 is 2.38. The van der Waals surface area contributed by atoms with Gasteiger partial charge in [0.15, 0.2) is 0 Å². The van der Waals surface area contributed by atoms with Gasteiger partial charge in [0.2, 0.25) is 0 Å². The summed E-state index contributed by atoms with van der Waals surface area (Å²) in [5, 5.41) is 0. The molecular formula is C12H20N2. The van der Waals surface area contributed by atoms with E-state index in [1.807, 2.05) is 0 Å². The second-order valence-electron chi connectivity index (χ2n) is 5.26. The van der Waals surface area contributed by atoms with Crippen LogP contribution in [0.1, 0.15) is 50.9 Å². The Morgan fingerprint density at radius 3 is 2.79 bits per heavy atom. The molecule has 1 heterocycles. The third-order valence-electron chi connectivity index (χ3n) is 3.08. The molecule has 2 nitrogen and oxygen atoms in total. The van der Waals surface area contributed by atoms with E-state index in [9.17, 15) is 0 Å². The van der Waals surface area contributed by atoms with Gasteiger partial charge in [-0.3, -0.25) is 0 Å². The van der Waals surface area contributed by atoms with Gasteiger partial charge in [0.1, 0.15) is 0 Å². The molecular weight excluding hydrogens is 172 g/mol. The van der Waals surface area contributed by atoms with E-state index in [0.717, 1.165) is 6.42 Å². The maximum Gasteiger partial charge on any atom is 0.0358 e. The third kappa shape index (κ3) is 1.48. The Kier molecular flexibility index (Phi) is 2.18. The maximum absolute atomic E-state index is 6.09. The van der Waals surface area contributed by atoms with E-state index < -0.39 is 0 Å². The molecule has 0 fully saturated rings. The topological polar surface area (TPSA) is 30.9 Å². The van der Waals surface area contributed by atoms with Crippen molar-refractivity contribution < 1.29 is 0 Å². The lowest BCUT2D eigenvalue weighted by Gasteiger charge is -2.28. The number of aromatic nitrogens is 1. The Labute approximate surface area is 86.1 Å². The summed E-state index contributed by atoms with van der Waals surface area (Å²) in [4.78, 5) is 0. The molecule has 0 spiro atoms. The minimum atomic E-state index is 0.185. The van der Waals surface area contributed by atoms with Crippen molar-refractivity contribution in [1.82, 2.24) is 4.57 Å². The van der Waals surface area contributed by atoms with Gasteiger partial charge in [-0.15, -0.1) is 0 Å². The standard InChI is InChI=1S/C12H20N2/c1-12(2,3)14-8-7-9-10(13)5-4-6-11(9)14/h7-8,10H,4-6,13H2,1-3H3. The van der Waals surface area contributed by atoms with Crippen molar-refractivity contribution in [2.75, 3.05) is 0 Å². The average molecular weight is 192 g/mol. The van der Waals surface area contributed by atoms with Gasteiger partial charge in [-0.1, -0.05) is 0 Å². The highest BCUT2D eigenvalue weighted by Crippen LogP contribution is 2.31. The summed E-state index contributed by atoms with van der Waals surface area (Å²) in [6.07, 6.45) is 5.75. The minimum Gasteiger partial charge on any atom is -0.346 e. The van der Waals surface area contributed by atoms with Gasteiger partial charge >= 0.3 is 0 Å². The summed E-state index contributed by atoms with van der Waals surface area (Å²) in [6.45, 7) is 6.73. The Hall–Kier alpha value is -0.760. The van der Waals surface area contributed by atoms with Crippen LogP contribution in [0, 0.1) is 0 Å². The van der Waals surface area contributed by atoms with Gasteiger partial charge in [-0.2, -0.15) is 0 Å². The lowest BCUT2D eigenvalue weighted by atomic mass is 9.93. The molecule has 0 bridgehead atoms. The van der Waals surface area contributed by atoms with Gasteiger partial charge < -0.3 is 10.3 Å². The molecule has 0 amide bonds. The van der Waals surface area contributed by atoms with Crippen molar-refractivity contribution in [3.8, 4) is 0 Å². The first-order valence-electron chi connectivity index (χ1n) is 5.46. The monoisotopic (exact) mass is 192 g/mol. The molecule has 0 aliphatic heterocycles. The molecule has 0 saturated heterocycles. The maximum atomic E-state index is 6.09. The van der Waals surface area contributed by atoms with Crippen molar-refractivity contribution >= 4 is 0 Å². The van der Waals surface area contributed by atoms with Crippen molar-refractivity contribution in [3.63, 3.8) is 0 Å². The van der Waals surface area contributed by atoms with E-state index in [2.05, 4.69) is 37.6 Å². The highest BCUT2D eigenvalue weighted by Gasteiger charge is 2.24. The third-order valence-corrected chi connectivity index (χ3v) is 3.08. The molecule has 1 aliphatic carbocycles. The molecule has 0 aromatic carbocycles. The smallest absolute Gasteiger partial charge is 0.0358 e. The quantitative estimate of drug-likeness (QED) is 0.673. The number of fused-ring (bicyclic) bond motifs is 1. The summed E-state index contributed by atoms with van der Waals surface area (Å²) in [7, 11) is 0. The molecule has 1 aromatic rings. The van der Waals surface area contributed by atoms with E-state index in [4.69, 9.17) is 5.73 Å². The molecule has 1 aliphatic rings. The zero-order chi connectivity index (χ0) is 10.3. The van der Waals surface area contributed by atoms with Crippen LogP contribution in [0.15, 0.2) is 12.3 Å². The highest BCUT2D eigenvalue weighted by molar-refractivity contribution is 5.29. The van der Waals surface area contributed by atoms with Crippen molar-refractivity contribution in [2.24, 2.45) is 5.73 Å². The van der Waals surface area contributed by atoms with Gasteiger partial charge in [0.25, 0.3) is 0 Å². The van der Waals surface area contributed by atoms with Crippen LogP contribution in [0.5, 0.6) is 0 Å². The van der Waals surface area contributed by atoms with Crippen molar-refractivity contribution in [1.29, 1.82) is 0 Å². The Morgan fingerprint density at radius 1 is 1.43 bits per heavy atom. The summed E-state index contributed by atoms with van der Waals surface area (Å²) in [5.41, 5.74) is 9.10. The number of rotatable bonds is 0. The van der Waals surface area contributed by atoms with Gasteiger partial charge in [0, 0.05) is 23.5 Å². The Bertz CT molecular complexity index is 331. The van der Waals surface area contributed by atoms with Gasteiger partial charge in [-0.25, -0.2) is 0 Å². The SMILES string of the molecule is CC(C)(C)n1ccc2c1CCCC2N. The fraction of sp³-hybridized carbons (Fsp3) is 0.667. The van der Waals surface area contributed by atoms with E-state index in [0.29, 0.717) is 0 Å². The van der Waals surface area contributed by atoms with Gasteiger partial charge in [0.05, 0.1) is 0 Å². The summed E-state index contributed by atoms with van der Waals surface area (Å²) >= 11 is 0. The van der Waals surface area contributed by atoms with Crippen LogP contribution < -0.4 is 5.73 Å². The van der Waals surface area contributed by atoms with E-state index in [1.54, 1.807) is 0 Å². The molecule has 1 atom stereocenters. The van der Waals surface area contributed by atoms with Crippen LogP contribution in [0.2, 0.25) is 0 Å². The van der Waals surface area contributed by atoms with Crippen LogP contribution in [-0.4, -0.2) is 4.57 Å². The zero-order valence-electron chi connectivity index (χ0n) is 9.38. The lowest BCUT2D eigenvalue weighted by molar-refractivity contribution is 0.376. The van der Waals surface area contributed by atoms with Crippen LogP contribution in [-0.2, 0) is 12.0 Å². The number of hydrogen-bond donors (Lipinski definition) is 1. The second kappa shape index (κ2) is 3.13. The molecule has 1 unspecified atom stereocenters. The first-order valence-corrected chi connectivity index (χ1v) is 5.46. The highest BCUT2D eigenvalue weighted by atomic mass is 15.0. The van der Waals surface area contributed by atoms with Crippen LogP contribution >= 0.6 is 0 Å². The predicted octanol–water partition coefficient (Wildman–Crippen LogP) is 2.58. The van der Waals surface area contributed by atoms with E-state index >= 15 is 0 Å². The van der Waals surface area contributed by atoms with E-state index in [1.165, 1.54) is 24.1 Å². The molecule has 2 N–H and O–H groups in total.